The number of ether oxygens (including phenoxy) is 2. The molecule has 3 aromatic carbocycles. The van der Waals surface area contributed by atoms with Crippen molar-refractivity contribution in [2.45, 2.75) is 72.1 Å². The second-order valence-electron chi connectivity index (χ2n) is 9.99. The molecule has 3 aromatic rings. The van der Waals surface area contributed by atoms with Crippen molar-refractivity contribution in [3.8, 4) is 34.5 Å². The van der Waals surface area contributed by atoms with E-state index in [9.17, 15) is 39.9 Å². The van der Waals surface area contributed by atoms with Gasteiger partial charge in [0.2, 0.25) is 0 Å². The van der Waals surface area contributed by atoms with Crippen molar-refractivity contribution in [1.82, 2.24) is 0 Å². The van der Waals surface area contributed by atoms with Gasteiger partial charge in [0.05, 0.1) is 0 Å². The van der Waals surface area contributed by atoms with Gasteiger partial charge in [-0.3, -0.25) is 0 Å². The van der Waals surface area contributed by atoms with E-state index in [1.54, 1.807) is 0 Å². The van der Waals surface area contributed by atoms with Crippen molar-refractivity contribution in [3.63, 3.8) is 0 Å². The predicted octanol–water partition coefficient (Wildman–Crippen LogP) is 6.28. The summed E-state index contributed by atoms with van der Waals surface area (Å²) in [5.74, 6) is -5.02. The van der Waals surface area contributed by atoms with E-state index in [0.717, 1.165) is 37.5 Å². The topological polar surface area (TPSA) is 171 Å². The first-order chi connectivity index (χ1) is 20.0. The molecule has 0 aliphatic heterocycles. The zero-order valence-electron chi connectivity index (χ0n) is 23.9. The van der Waals surface area contributed by atoms with Crippen LogP contribution in [-0.4, -0.2) is 43.4 Å². The fraction of sp³-hybridized carbons (Fsp3) is 0.344. The zero-order chi connectivity index (χ0) is 31.0. The monoisotopic (exact) mass is 580 g/mol. The van der Waals surface area contributed by atoms with Crippen LogP contribution in [0.15, 0.2) is 36.4 Å². The Morgan fingerprint density at radius 1 is 0.571 bits per heavy atom. The maximum atomic E-state index is 13.2. The summed E-state index contributed by atoms with van der Waals surface area (Å²) in [4.78, 5) is 37.9. The number of unbranched alkanes of at least 4 members (excludes halogenated alkanes) is 2. The number of benzene rings is 3. The summed E-state index contributed by atoms with van der Waals surface area (Å²) in [6.45, 7) is 5.71. The molecule has 42 heavy (non-hydrogen) atoms. The molecule has 0 fully saturated rings. The van der Waals surface area contributed by atoms with Gasteiger partial charge < -0.3 is 35.0 Å². The van der Waals surface area contributed by atoms with E-state index in [0.29, 0.717) is 48.8 Å². The number of aromatic carboxylic acids is 1. The first-order valence-electron chi connectivity index (χ1n) is 13.9. The Morgan fingerprint density at radius 2 is 1.02 bits per heavy atom. The minimum atomic E-state index is -1.31. The van der Waals surface area contributed by atoms with Crippen LogP contribution in [0.2, 0.25) is 0 Å². The molecule has 0 unspecified atom stereocenters. The number of carboxylic acids is 1. The molecular weight excluding hydrogens is 544 g/mol. The number of carbonyl (C=O) groups excluding carboxylic acids is 2. The number of hydrogen-bond donors (Lipinski definition) is 5. The molecular formula is C32H36O10. The Morgan fingerprint density at radius 3 is 1.50 bits per heavy atom. The third-order valence-electron chi connectivity index (χ3n) is 6.66. The zero-order valence-corrected chi connectivity index (χ0v) is 23.9. The van der Waals surface area contributed by atoms with E-state index in [4.69, 9.17) is 9.47 Å². The fourth-order valence-electron chi connectivity index (χ4n) is 4.83. The summed E-state index contributed by atoms with van der Waals surface area (Å²) in [6.07, 6.45) is 4.76. The van der Waals surface area contributed by atoms with Crippen LogP contribution in [0.3, 0.4) is 0 Å². The Hall–Kier alpha value is -4.73. The van der Waals surface area contributed by atoms with Gasteiger partial charge in [-0.05, 0) is 60.6 Å². The summed E-state index contributed by atoms with van der Waals surface area (Å²) in [5.41, 5.74) is 0.483. The number of rotatable bonds is 13. The molecule has 0 atom stereocenters. The van der Waals surface area contributed by atoms with Crippen LogP contribution in [-0.2, 0) is 19.3 Å². The minimum absolute atomic E-state index is 0.0711. The number of carbonyl (C=O) groups is 3. The molecule has 0 heterocycles. The summed E-state index contributed by atoms with van der Waals surface area (Å²) in [5, 5.41) is 50.9. The van der Waals surface area contributed by atoms with Crippen LogP contribution in [0.25, 0.3) is 0 Å². The van der Waals surface area contributed by atoms with E-state index in [-0.39, 0.29) is 33.9 Å². The highest BCUT2D eigenvalue weighted by atomic mass is 16.5. The second-order valence-corrected chi connectivity index (χ2v) is 9.99. The van der Waals surface area contributed by atoms with Gasteiger partial charge in [0.15, 0.2) is 0 Å². The maximum Gasteiger partial charge on any atom is 0.347 e. The van der Waals surface area contributed by atoms with E-state index >= 15 is 0 Å². The van der Waals surface area contributed by atoms with E-state index in [2.05, 4.69) is 0 Å². The number of aryl methyl sites for hydroxylation is 3. The van der Waals surface area contributed by atoms with Crippen molar-refractivity contribution < 1.29 is 49.4 Å². The van der Waals surface area contributed by atoms with Gasteiger partial charge in [-0.2, -0.15) is 0 Å². The number of phenols is 4. The molecule has 0 bridgehead atoms. The molecule has 0 saturated carbocycles. The van der Waals surface area contributed by atoms with Crippen molar-refractivity contribution in [2.24, 2.45) is 0 Å². The Kier molecular flexibility index (Phi) is 10.8. The molecule has 0 aliphatic rings. The highest BCUT2D eigenvalue weighted by molar-refractivity contribution is 5.98. The number of esters is 2. The summed E-state index contributed by atoms with van der Waals surface area (Å²) in [6, 6.07) is 7.33. The van der Waals surface area contributed by atoms with E-state index < -0.39 is 35.2 Å². The summed E-state index contributed by atoms with van der Waals surface area (Å²) >= 11 is 0. The third kappa shape index (κ3) is 7.51. The molecule has 224 valence electrons. The van der Waals surface area contributed by atoms with Crippen molar-refractivity contribution in [3.05, 3.63) is 69.8 Å². The average Bonchev–Trinajstić information content (AvgIpc) is 2.88. The first-order valence-corrected chi connectivity index (χ1v) is 13.9. The molecule has 0 amide bonds. The van der Waals surface area contributed by atoms with Crippen LogP contribution in [0.4, 0.5) is 0 Å². The largest absolute Gasteiger partial charge is 0.508 e. The van der Waals surface area contributed by atoms with Crippen molar-refractivity contribution >= 4 is 17.9 Å². The number of aromatic hydroxyl groups is 4. The first kappa shape index (κ1) is 31.8. The number of carboxylic acid groups (broad SMARTS) is 1. The van der Waals surface area contributed by atoms with Crippen LogP contribution in [0.5, 0.6) is 34.5 Å². The van der Waals surface area contributed by atoms with Crippen LogP contribution in [0, 0.1) is 0 Å². The smallest absolute Gasteiger partial charge is 0.347 e. The SMILES string of the molecule is CCCCCc1cc(O)cc(O)c1C(=O)Oc1cc(O)c(C(=O)Oc2cc(O)c(C(=O)O)c(CCC)c2)c(CCC)c1. The van der Waals surface area contributed by atoms with Gasteiger partial charge in [0, 0.05) is 18.2 Å². The Bertz CT molecular complexity index is 1470. The average molecular weight is 581 g/mol. The number of hydrogen-bond acceptors (Lipinski definition) is 9. The Labute approximate surface area is 243 Å². The van der Waals surface area contributed by atoms with Crippen LogP contribution >= 0.6 is 0 Å². The van der Waals surface area contributed by atoms with E-state index in [1.165, 1.54) is 18.2 Å². The quantitative estimate of drug-likeness (QED) is 0.0880. The lowest BCUT2D eigenvalue weighted by molar-refractivity contribution is 0.0689. The number of phenolic OH excluding ortho intramolecular Hbond substituents is 3. The van der Waals surface area contributed by atoms with Crippen LogP contribution < -0.4 is 9.47 Å². The summed E-state index contributed by atoms with van der Waals surface area (Å²) < 4.78 is 10.9. The van der Waals surface area contributed by atoms with E-state index in [1.807, 2.05) is 20.8 Å². The van der Waals surface area contributed by atoms with Gasteiger partial charge in [-0.25, -0.2) is 14.4 Å². The molecule has 10 heteroatoms. The molecule has 0 saturated heterocycles. The lowest BCUT2D eigenvalue weighted by Gasteiger charge is -2.16. The standard InChI is InChI=1S/C32H36O10/c1-4-7-8-11-20-12-21(33)15-24(34)29(20)32(40)42-23-14-19(10-6-3)28(26(36)17-23)31(39)41-22-13-18(9-5-2)27(30(37)38)25(35)16-22/h12-17,33-36H,4-11H2,1-3H3,(H,37,38). The lowest BCUT2D eigenvalue weighted by atomic mass is 9.99. The molecule has 0 aliphatic carbocycles. The fourth-order valence-corrected chi connectivity index (χ4v) is 4.83. The van der Waals surface area contributed by atoms with Gasteiger partial charge in [-0.15, -0.1) is 0 Å². The normalized spacial score (nSPS) is 10.8. The predicted molar refractivity (Wildman–Crippen MR) is 154 cm³/mol. The van der Waals surface area contributed by atoms with Gasteiger partial charge >= 0.3 is 17.9 Å². The highest BCUT2D eigenvalue weighted by Crippen LogP contribution is 2.35. The second kappa shape index (κ2) is 14.2. The molecule has 0 radical (unpaired) electrons. The molecule has 0 aromatic heterocycles. The molecule has 0 spiro atoms. The van der Waals surface area contributed by atoms with Gasteiger partial charge in [0.25, 0.3) is 0 Å². The van der Waals surface area contributed by atoms with Crippen molar-refractivity contribution in [2.75, 3.05) is 0 Å². The van der Waals surface area contributed by atoms with Crippen LogP contribution in [0.1, 0.15) is 101 Å². The molecule has 3 rings (SSSR count). The third-order valence-corrected chi connectivity index (χ3v) is 6.66. The lowest BCUT2D eigenvalue weighted by Crippen LogP contribution is -2.15. The Balaban J connectivity index is 1.93. The maximum absolute atomic E-state index is 13.2. The van der Waals surface area contributed by atoms with Crippen molar-refractivity contribution in [1.29, 1.82) is 0 Å². The van der Waals surface area contributed by atoms with Gasteiger partial charge in [-0.1, -0.05) is 46.5 Å². The summed E-state index contributed by atoms with van der Waals surface area (Å²) in [7, 11) is 0. The van der Waals surface area contributed by atoms with Gasteiger partial charge in [0.1, 0.15) is 51.2 Å². The highest BCUT2D eigenvalue weighted by Gasteiger charge is 2.25. The molecule has 5 N–H and O–H groups in total. The molecule has 10 nitrogen and oxygen atoms in total. The minimum Gasteiger partial charge on any atom is -0.508 e.